The molecule has 1 atom stereocenters. The minimum absolute atomic E-state index is 0.117. The molecule has 0 unspecified atom stereocenters. The quantitative estimate of drug-likeness (QED) is 0.807. The molecule has 0 spiro atoms. The Morgan fingerprint density at radius 1 is 1.45 bits per heavy atom. The lowest BCUT2D eigenvalue weighted by Crippen LogP contribution is -2.41. The average molecular weight is 322 g/mol. The monoisotopic (exact) mass is 322 g/mol. The molecule has 0 saturated heterocycles. The largest absolute Gasteiger partial charge is 0.480 e. The first kappa shape index (κ1) is 16.2. The standard InChI is InChI=1S/C14H18N4O3S/c1-9(2)6-11(14(20)21)15-13(19)12-8-18(17-16-12)7-10-4-3-5-22-10/h3-5,8-9,11H,6-7H2,1-2H3,(H,15,19)(H,20,21)/t11-/m1/s1. The second kappa shape index (κ2) is 7.17. The third-order valence-corrected chi connectivity index (χ3v) is 3.84. The first-order chi connectivity index (χ1) is 10.5. The Morgan fingerprint density at radius 3 is 2.82 bits per heavy atom. The molecule has 2 heterocycles. The number of carboxylic acid groups (broad SMARTS) is 1. The van der Waals surface area contributed by atoms with Gasteiger partial charge in [-0.05, 0) is 23.8 Å². The Kier molecular flexibility index (Phi) is 5.26. The summed E-state index contributed by atoms with van der Waals surface area (Å²) >= 11 is 1.59. The number of amides is 1. The van der Waals surface area contributed by atoms with Crippen molar-refractivity contribution in [2.24, 2.45) is 5.92 Å². The molecule has 1 amide bonds. The van der Waals surface area contributed by atoms with E-state index in [1.54, 1.807) is 16.0 Å². The van der Waals surface area contributed by atoms with E-state index in [0.29, 0.717) is 13.0 Å². The lowest BCUT2D eigenvalue weighted by molar-refractivity contribution is -0.139. The van der Waals surface area contributed by atoms with Crippen molar-refractivity contribution >= 4 is 23.2 Å². The van der Waals surface area contributed by atoms with Gasteiger partial charge in [-0.25, -0.2) is 9.48 Å². The smallest absolute Gasteiger partial charge is 0.326 e. The highest BCUT2D eigenvalue weighted by Crippen LogP contribution is 2.10. The molecule has 2 aromatic heterocycles. The third-order valence-electron chi connectivity index (χ3n) is 2.98. The van der Waals surface area contributed by atoms with E-state index in [1.807, 2.05) is 31.4 Å². The minimum atomic E-state index is -1.05. The highest BCUT2D eigenvalue weighted by Gasteiger charge is 2.23. The fourth-order valence-electron chi connectivity index (χ4n) is 1.97. The van der Waals surface area contributed by atoms with Crippen molar-refractivity contribution in [2.75, 3.05) is 0 Å². The summed E-state index contributed by atoms with van der Waals surface area (Å²) in [5.41, 5.74) is 0.117. The molecule has 2 N–H and O–H groups in total. The number of aromatic nitrogens is 3. The number of hydrogen-bond acceptors (Lipinski definition) is 5. The molecular formula is C14H18N4O3S. The van der Waals surface area contributed by atoms with Gasteiger partial charge in [0.1, 0.15) is 6.04 Å². The van der Waals surface area contributed by atoms with Crippen molar-refractivity contribution in [3.63, 3.8) is 0 Å². The average Bonchev–Trinajstić information content (AvgIpc) is 3.09. The molecule has 118 valence electrons. The van der Waals surface area contributed by atoms with E-state index in [4.69, 9.17) is 5.11 Å². The summed E-state index contributed by atoms with van der Waals surface area (Å²) in [6, 6.07) is 2.98. The topological polar surface area (TPSA) is 97.1 Å². The molecule has 0 aliphatic rings. The number of carbonyl (C=O) groups is 2. The number of carbonyl (C=O) groups excluding carboxylic acids is 1. The van der Waals surface area contributed by atoms with Crippen LogP contribution in [-0.2, 0) is 11.3 Å². The van der Waals surface area contributed by atoms with Gasteiger partial charge in [0.2, 0.25) is 0 Å². The SMILES string of the molecule is CC(C)C[C@@H](NC(=O)c1cn(Cc2cccs2)nn1)C(=O)O. The molecular weight excluding hydrogens is 304 g/mol. The summed E-state index contributed by atoms with van der Waals surface area (Å²) in [4.78, 5) is 24.3. The number of nitrogens with one attached hydrogen (secondary N) is 1. The highest BCUT2D eigenvalue weighted by atomic mass is 32.1. The van der Waals surface area contributed by atoms with Crippen LogP contribution in [0.25, 0.3) is 0 Å². The molecule has 7 nitrogen and oxygen atoms in total. The maximum absolute atomic E-state index is 12.1. The Balaban J connectivity index is 2.00. The summed E-state index contributed by atoms with van der Waals surface area (Å²) in [6.07, 6.45) is 1.88. The Hall–Kier alpha value is -2.22. The number of aliphatic carboxylic acids is 1. The lowest BCUT2D eigenvalue weighted by Gasteiger charge is -2.15. The van der Waals surface area contributed by atoms with Gasteiger partial charge in [0.15, 0.2) is 5.69 Å². The van der Waals surface area contributed by atoms with Gasteiger partial charge in [-0.1, -0.05) is 25.1 Å². The first-order valence-corrected chi connectivity index (χ1v) is 7.80. The maximum atomic E-state index is 12.1. The van der Waals surface area contributed by atoms with Gasteiger partial charge in [0.05, 0.1) is 12.7 Å². The molecule has 22 heavy (non-hydrogen) atoms. The molecule has 0 fully saturated rings. The van der Waals surface area contributed by atoms with Gasteiger partial charge in [-0.3, -0.25) is 4.79 Å². The van der Waals surface area contributed by atoms with Crippen LogP contribution < -0.4 is 5.32 Å². The zero-order valence-electron chi connectivity index (χ0n) is 12.4. The van der Waals surface area contributed by atoms with Crippen LogP contribution >= 0.6 is 11.3 Å². The van der Waals surface area contributed by atoms with Crippen molar-refractivity contribution in [3.05, 3.63) is 34.3 Å². The van der Waals surface area contributed by atoms with E-state index in [1.165, 1.54) is 6.20 Å². The van der Waals surface area contributed by atoms with Crippen molar-refractivity contribution in [1.29, 1.82) is 0 Å². The van der Waals surface area contributed by atoms with Crippen LogP contribution in [0.3, 0.4) is 0 Å². The van der Waals surface area contributed by atoms with Gasteiger partial charge >= 0.3 is 5.97 Å². The Bertz CT molecular complexity index is 636. The van der Waals surface area contributed by atoms with Crippen LogP contribution in [0.4, 0.5) is 0 Å². The summed E-state index contributed by atoms with van der Waals surface area (Å²) in [6.45, 7) is 4.34. The molecule has 2 rings (SSSR count). The van der Waals surface area contributed by atoms with E-state index in [-0.39, 0.29) is 11.6 Å². The lowest BCUT2D eigenvalue weighted by atomic mass is 10.0. The van der Waals surface area contributed by atoms with Crippen LogP contribution in [0, 0.1) is 5.92 Å². The van der Waals surface area contributed by atoms with E-state index >= 15 is 0 Å². The molecule has 8 heteroatoms. The second-order valence-electron chi connectivity index (χ2n) is 5.37. The van der Waals surface area contributed by atoms with Gasteiger partial charge in [-0.2, -0.15) is 0 Å². The number of carboxylic acids is 1. The Morgan fingerprint density at radius 2 is 2.23 bits per heavy atom. The molecule has 2 aromatic rings. The zero-order chi connectivity index (χ0) is 16.1. The fourth-order valence-corrected chi connectivity index (χ4v) is 2.66. The number of hydrogen-bond donors (Lipinski definition) is 2. The van der Waals surface area contributed by atoms with Crippen molar-refractivity contribution in [1.82, 2.24) is 20.3 Å². The fraction of sp³-hybridized carbons (Fsp3) is 0.429. The van der Waals surface area contributed by atoms with E-state index in [2.05, 4.69) is 15.6 Å². The predicted molar refractivity (Wildman–Crippen MR) is 81.8 cm³/mol. The second-order valence-corrected chi connectivity index (χ2v) is 6.41. The van der Waals surface area contributed by atoms with Crippen molar-refractivity contribution in [3.8, 4) is 0 Å². The number of rotatable bonds is 7. The zero-order valence-corrected chi connectivity index (χ0v) is 13.2. The van der Waals surface area contributed by atoms with Crippen LogP contribution in [-0.4, -0.2) is 38.0 Å². The third kappa shape index (κ3) is 4.39. The molecule has 0 saturated carbocycles. The summed E-state index contributed by atoms with van der Waals surface area (Å²) in [7, 11) is 0. The van der Waals surface area contributed by atoms with Gasteiger partial charge < -0.3 is 10.4 Å². The van der Waals surface area contributed by atoms with Gasteiger partial charge in [0.25, 0.3) is 5.91 Å². The van der Waals surface area contributed by atoms with Crippen LogP contribution in [0.15, 0.2) is 23.7 Å². The van der Waals surface area contributed by atoms with Crippen LogP contribution in [0.2, 0.25) is 0 Å². The molecule has 0 bridgehead atoms. The number of thiophene rings is 1. The number of nitrogens with zero attached hydrogens (tertiary/aromatic N) is 3. The predicted octanol–water partition coefficient (Wildman–Crippen LogP) is 1.62. The Labute approximate surface area is 132 Å². The highest BCUT2D eigenvalue weighted by molar-refractivity contribution is 7.09. The van der Waals surface area contributed by atoms with Crippen LogP contribution in [0.1, 0.15) is 35.6 Å². The summed E-state index contributed by atoms with van der Waals surface area (Å²) < 4.78 is 1.55. The normalized spacial score (nSPS) is 12.3. The maximum Gasteiger partial charge on any atom is 0.326 e. The van der Waals surface area contributed by atoms with Crippen molar-refractivity contribution in [2.45, 2.75) is 32.9 Å². The van der Waals surface area contributed by atoms with Gasteiger partial charge in [-0.15, -0.1) is 16.4 Å². The molecule has 0 aromatic carbocycles. The molecule has 0 aliphatic carbocycles. The van der Waals surface area contributed by atoms with Crippen LogP contribution in [0.5, 0.6) is 0 Å². The molecule has 0 aliphatic heterocycles. The van der Waals surface area contributed by atoms with E-state index < -0.39 is 17.9 Å². The summed E-state index contributed by atoms with van der Waals surface area (Å²) in [5, 5.41) is 21.3. The minimum Gasteiger partial charge on any atom is -0.480 e. The van der Waals surface area contributed by atoms with Crippen molar-refractivity contribution < 1.29 is 14.7 Å². The van der Waals surface area contributed by atoms with Gasteiger partial charge in [0, 0.05) is 4.88 Å². The van der Waals surface area contributed by atoms with E-state index in [0.717, 1.165) is 4.88 Å². The first-order valence-electron chi connectivity index (χ1n) is 6.92. The van der Waals surface area contributed by atoms with E-state index in [9.17, 15) is 9.59 Å². The summed E-state index contributed by atoms with van der Waals surface area (Å²) in [5.74, 6) is -1.41. The molecule has 0 radical (unpaired) electrons.